The standard InChI is InChI=1S/C30H37N3O4S/c1-6-28(30(35)31-7-2)32(20-25-14-8-22(3)9-15-25)29(34)21-33(26-16-10-23(4)11-17-26)38(36,37)27-18-12-24(5)13-19-27/h8-19,28H,6-7,20-21H2,1-5H3,(H,31,35)/t28-/m1/s1. The molecule has 7 nitrogen and oxygen atoms in total. The number of carbonyl (C=O) groups excluding carboxylic acids is 2. The summed E-state index contributed by atoms with van der Waals surface area (Å²) in [5.41, 5.74) is 4.22. The second kappa shape index (κ2) is 12.7. The summed E-state index contributed by atoms with van der Waals surface area (Å²) in [6.45, 7) is 9.61. The molecule has 0 radical (unpaired) electrons. The minimum Gasteiger partial charge on any atom is -0.355 e. The predicted octanol–water partition coefficient (Wildman–Crippen LogP) is 4.75. The minimum atomic E-state index is -4.07. The first-order valence-electron chi connectivity index (χ1n) is 12.9. The fourth-order valence-electron chi connectivity index (χ4n) is 4.18. The van der Waals surface area contributed by atoms with E-state index in [1.54, 1.807) is 36.4 Å². The number of anilines is 1. The van der Waals surface area contributed by atoms with Gasteiger partial charge in [-0.05, 0) is 63.9 Å². The Morgan fingerprint density at radius 1 is 0.789 bits per heavy atom. The number of aryl methyl sites for hydroxylation is 3. The molecule has 2 amide bonds. The smallest absolute Gasteiger partial charge is 0.264 e. The molecule has 3 aromatic carbocycles. The zero-order valence-corrected chi connectivity index (χ0v) is 23.6. The van der Waals surface area contributed by atoms with E-state index in [4.69, 9.17) is 0 Å². The molecule has 0 spiro atoms. The van der Waals surface area contributed by atoms with Crippen LogP contribution in [-0.4, -0.2) is 44.3 Å². The van der Waals surface area contributed by atoms with Crippen molar-refractivity contribution in [2.24, 2.45) is 0 Å². The molecular weight excluding hydrogens is 498 g/mol. The van der Waals surface area contributed by atoms with Gasteiger partial charge >= 0.3 is 0 Å². The Morgan fingerprint density at radius 2 is 1.29 bits per heavy atom. The van der Waals surface area contributed by atoms with E-state index < -0.39 is 28.5 Å². The predicted molar refractivity (Wildman–Crippen MR) is 151 cm³/mol. The van der Waals surface area contributed by atoms with Crippen molar-refractivity contribution < 1.29 is 18.0 Å². The Hall–Kier alpha value is -3.65. The molecule has 0 aliphatic carbocycles. The Bertz CT molecular complexity index is 1340. The van der Waals surface area contributed by atoms with Crippen LogP contribution in [0, 0.1) is 20.8 Å². The fourth-order valence-corrected chi connectivity index (χ4v) is 5.59. The summed E-state index contributed by atoms with van der Waals surface area (Å²) in [6, 6.07) is 20.6. The largest absolute Gasteiger partial charge is 0.355 e. The maximum absolute atomic E-state index is 13.9. The van der Waals surface area contributed by atoms with Crippen LogP contribution in [0.25, 0.3) is 0 Å². The summed E-state index contributed by atoms with van der Waals surface area (Å²) in [5, 5.41) is 2.81. The molecule has 0 saturated carbocycles. The average Bonchev–Trinajstić information content (AvgIpc) is 2.89. The molecule has 3 rings (SSSR count). The molecule has 8 heteroatoms. The maximum Gasteiger partial charge on any atom is 0.264 e. The second-order valence-electron chi connectivity index (χ2n) is 9.49. The van der Waals surface area contributed by atoms with Gasteiger partial charge in [0, 0.05) is 13.1 Å². The van der Waals surface area contributed by atoms with Crippen molar-refractivity contribution in [1.29, 1.82) is 0 Å². The first-order chi connectivity index (χ1) is 18.1. The van der Waals surface area contributed by atoms with Crippen LogP contribution >= 0.6 is 0 Å². The summed E-state index contributed by atoms with van der Waals surface area (Å²) in [5.74, 6) is -0.723. The Balaban J connectivity index is 2.04. The highest BCUT2D eigenvalue weighted by Gasteiger charge is 2.33. The molecule has 202 valence electrons. The number of nitrogens with zero attached hydrogens (tertiary/aromatic N) is 2. The second-order valence-corrected chi connectivity index (χ2v) is 11.3. The van der Waals surface area contributed by atoms with Crippen LogP contribution in [0.3, 0.4) is 0 Å². The zero-order chi connectivity index (χ0) is 27.9. The molecule has 0 unspecified atom stereocenters. The monoisotopic (exact) mass is 535 g/mol. The van der Waals surface area contributed by atoms with Gasteiger partial charge in [-0.1, -0.05) is 72.1 Å². The van der Waals surface area contributed by atoms with Gasteiger partial charge in [0.05, 0.1) is 10.6 Å². The minimum absolute atomic E-state index is 0.0947. The molecular formula is C30H37N3O4S. The lowest BCUT2D eigenvalue weighted by molar-refractivity contribution is -0.140. The molecule has 0 aromatic heterocycles. The third-order valence-corrected chi connectivity index (χ3v) is 8.21. The summed E-state index contributed by atoms with van der Waals surface area (Å²) >= 11 is 0. The number of hydrogen-bond acceptors (Lipinski definition) is 4. The molecule has 1 atom stereocenters. The number of rotatable bonds is 11. The van der Waals surface area contributed by atoms with E-state index >= 15 is 0 Å². The van der Waals surface area contributed by atoms with Gasteiger partial charge in [-0.25, -0.2) is 8.42 Å². The number of sulfonamides is 1. The molecule has 38 heavy (non-hydrogen) atoms. The van der Waals surface area contributed by atoms with Crippen molar-refractivity contribution in [3.05, 3.63) is 95.1 Å². The molecule has 0 fully saturated rings. The summed E-state index contributed by atoms with van der Waals surface area (Å²) in [4.78, 5) is 28.5. The number of amides is 2. The van der Waals surface area contributed by atoms with Crippen molar-refractivity contribution in [3.8, 4) is 0 Å². The summed E-state index contributed by atoms with van der Waals surface area (Å²) in [7, 11) is -4.07. The van der Waals surface area contributed by atoms with Gasteiger partial charge in [0.15, 0.2) is 0 Å². The van der Waals surface area contributed by atoms with Crippen molar-refractivity contribution >= 4 is 27.5 Å². The van der Waals surface area contributed by atoms with E-state index in [1.165, 1.54) is 4.90 Å². The van der Waals surface area contributed by atoms with E-state index in [0.717, 1.165) is 26.6 Å². The summed E-state index contributed by atoms with van der Waals surface area (Å²) < 4.78 is 28.8. The van der Waals surface area contributed by atoms with Gasteiger partial charge in [0.25, 0.3) is 10.0 Å². The maximum atomic E-state index is 13.9. The molecule has 0 heterocycles. The Labute approximate surface area is 226 Å². The van der Waals surface area contributed by atoms with E-state index in [0.29, 0.717) is 18.7 Å². The topological polar surface area (TPSA) is 86.8 Å². The number of nitrogens with one attached hydrogen (secondary N) is 1. The first kappa shape index (κ1) is 28.9. The van der Waals surface area contributed by atoms with Crippen molar-refractivity contribution in [1.82, 2.24) is 10.2 Å². The SMILES string of the molecule is CCNC(=O)[C@@H](CC)N(Cc1ccc(C)cc1)C(=O)CN(c1ccc(C)cc1)S(=O)(=O)c1ccc(C)cc1. The van der Waals surface area contributed by atoms with Gasteiger partial charge in [0.2, 0.25) is 11.8 Å². The average molecular weight is 536 g/mol. The van der Waals surface area contributed by atoms with Crippen molar-refractivity contribution in [3.63, 3.8) is 0 Å². The Morgan fingerprint density at radius 3 is 1.79 bits per heavy atom. The normalized spacial score (nSPS) is 12.0. The lowest BCUT2D eigenvalue weighted by atomic mass is 10.1. The van der Waals surface area contributed by atoms with E-state index in [2.05, 4.69) is 5.32 Å². The number of benzene rings is 3. The van der Waals surface area contributed by atoms with Gasteiger partial charge < -0.3 is 10.2 Å². The van der Waals surface area contributed by atoms with Gasteiger partial charge in [0.1, 0.15) is 12.6 Å². The molecule has 3 aromatic rings. The highest BCUT2D eigenvalue weighted by atomic mass is 32.2. The third-order valence-electron chi connectivity index (χ3n) is 6.42. The van der Waals surface area contributed by atoms with Crippen molar-refractivity contribution in [2.75, 3.05) is 17.4 Å². The van der Waals surface area contributed by atoms with Crippen LogP contribution in [-0.2, 0) is 26.2 Å². The zero-order valence-electron chi connectivity index (χ0n) is 22.8. The highest BCUT2D eigenvalue weighted by Crippen LogP contribution is 2.25. The van der Waals surface area contributed by atoms with Gasteiger partial charge in [-0.2, -0.15) is 0 Å². The highest BCUT2D eigenvalue weighted by molar-refractivity contribution is 7.92. The number of likely N-dealkylation sites (N-methyl/N-ethyl adjacent to an activating group) is 1. The number of carbonyl (C=O) groups is 2. The lowest BCUT2D eigenvalue weighted by Gasteiger charge is -2.33. The quantitative estimate of drug-likeness (QED) is 0.384. The first-order valence-corrected chi connectivity index (χ1v) is 14.3. The van der Waals surface area contributed by atoms with Crippen LogP contribution in [0.15, 0.2) is 77.7 Å². The summed E-state index contributed by atoms with van der Waals surface area (Å²) in [6.07, 6.45) is 0.388. The fraction of sp³-hybridized carbons (Fsp3) is 0.333. The molecule has 1 N–H and O–H groups in total. The molecule has 0 aliphatic rings. The van der Waals surface area contributed by atoms with Gasteiger partial charge in [-0.3, -0.25) is 13.9 Å². The van der Waals surface area contributed by atoms with E-state index in [9.17, 15) is 18.0 Å². The van der Waals surface area contributed by atoms with E-state index in [-0.39, 0.29) is 17.3 Å². The van der Waals surface area contributed by atoms with Crippen molar-refractivity contribution in [2.45, 2.75) is 58.5 Å². The van der Waals surface area contributed by atoms with Crippen LogP contribution in [0.5, 0.6) is 0 Å². The van der Waals surface area contributed by atoms with Crippen LogP contribution in [0.4, 0.5) is 5.69 Å². The van der Waals surface area contributed by atoms with Crippen LogP contribution in [0.2, 0.25) is 0 Å². The molecule has 0 aliphatic heterocycles. The lowest BCUT2D eigenvalue weighted by Crippen LogP contribution is -2.52. The molecule has 0 saturated heterocycles. The van der Waals surface area contributed by atoms with E-state index in [1.807, 2.05) is 71.0 Å². The van der Waals surface area contributed by atoms with Gasteiger partial charge in [-0.15, -0.1) is 0 Å². The van der Waals surface area contributed by atoms with Crippen LogP contribution < -0.4 is 9.62 Å². The third kappa shape index (κ3) is 7.01. The molecule has 0 bridgehead atoms. The van der Waals surface area contributed by atoms with Crippen LogP contribution in [0.1, 0.15) is 42.5 Å². The number of hydrogen-bond donors (Lipinski definition) is 1. The Kier molecular flexibility index (Phi) is 9.69.